The molecule has 1 aromatic carbocycles. The molecule has 0 radical (unpaired) electrons. The summed E-state index contributed by atoms with van der Waals surface area (Å²) in [5.74, 6) is -1.48. The molecule has 1 N–H and O–H groups in total. The van der Waals surface area contributed by atoms with Gasteiger partial charge in [-0.2, -0.15) is 4.39 Å². The normalized spacial score (nSPS) is 11.3. The molecule has 0 aliphatic heterocycles. The van der Waals surface area contributed by atoms with Crippen LogP contribution in [0.3, 0.4) is 0 Å². The number of halogens is 3. The predicted octanol–water partition coefficient (Wildman–Crippen LogP) is 2.81. The second-order valence-corrected chi connectivity index (χ2v) is 5.61. The monoisotopic (exact) mass is 304 g/mol. The first kappa shape index (κ1) is 13.7. The highest BCUT2D eigenvalue weighted by atomic mass is 35.5. The van der Waals surface area contributed by atoms with E-state index in [2.05, 4.69) is 9.71 Å². The molecular weight excluding hydrogens is 298 g/mol. The minimum atomic E-state index is -4.06. The van der Waals surface area contributed by atoms with Crippen LogP contribution >= 0.6 is 11.6 Å². The average molecular weight is 305 g/mol. The van der Waals surface area contributed by atoms with E-state index in [1.807, 2.05) is 0 Å². The van der Waals surface area contributed by atoms with Crippen LogP contribution in [0.15, 0.2) is 41.4 Å². The molecule has 2 rings (SSSR count). The molecule has 2 aromatic rings. The van der Waals surface area contributed by atoms with Crippen LogP contribution in [0.4, 0.5) is 14.5 Å². The Labute approximate surface area is 113 Å². The van der Waals surface area contributed by atoms with E-state index in [-0.39, 0.29) is 10.7 Å². The molecule has 0 unspecified atom stereocenters. The number of nitrogens with zero attached hydrogens (tertiary/aromatic N) is 1. The second-order valence-electron chi connectivity index (χ2n) is 3.55. The van der Waals surface area contributed by atoms with Crippen LogP contribution in [0, 0.1) is 11.8 Å². The molecule has 0 aliphatic carbocycles. The maximum atomic E-state index is 13.1. The van der Waals surface area contributed by atoms with Crippen molar-refractivity contribution in [3.63, 3.8) is 0 Å². The fourth-order valence-electron chi connectivity index (χ4n) is 1.33. The lowest BCUT2D eigenvalue weighted by Crippen LogP contribution is -2.14. The van der Waals surface area contributed by atoms with Gasteiger partial charge in [-0.3, -0.25) is 4.72 Å². The highest BCUT2D eigenvalue weighted by Crippen LogP contribution is 2.24. The summed E-state index contributed by atoms with van der Waals surface area (Å²) >= 11 is 5.71. The van der Waals surface area contributed by atoms with Crippen LogP contribution < -0.4 is 4.72 Å². The molecule has 0 atom stereocenters. The van der Waals surface area contributed by atoms with Gasteiger partial charge < -0.3 is 0 Å². The van der Waals surface area contributed by atoms with Gasteiger partial charge in [-0.05, 0) is 30.3 Å². The fraction of sp³-hybridized carbons (Fsp3) is 0. The summed E-state index contributed by atoms with van der Waals surface area (Å²) < 4.78 is 51.7. The van der Waals surface area contributed by atoms with E-state index < -0.39 is 26.7 Å². The Morgan fingerprint density at radius 3 is 2.53 bits per heavy atom. The summed E-state index contributed by atoms with van der Waals surface area (Å²) in [5, 5.41) is -0.121. The minimum Gasteiger partial charge on any atom is -0.278 e. The van der Waals surface area contributed by atoms with Crippen molar-refractivity contribution in [2.75, 3.05) is 4.72 Å². The quantitative estimate of drug-likeness (QED) is 0.887. The van der Waals surface area contributed by atoms with Crippen LogP contribution in [0.2, 0.25) is 5.02 Å². The first-order valence-corrected chi connectivity index (χ1v) is 6.84. The van der Waals surface area contributed by atoms with Crippen LogP contribution in [0.1, 0.15) is 0 Å². The molecule has 4 nitrogen and oxygen atoms in total. The first-order chi connectivity index (χ1) is 8.88. The number of anilines is 1. The molecule has 100 valence electrons. The van der Waals surface area contributed by atoms with Gasteiger partial charge in [-0.1, -0.05) is 11.6 Å². The molecule has 0 amide bonds. The van der Waals surface area contributed by atoms with Crippen LogP contribution in [0.5, 0.6) is 0 Å². The number of nitrogens with one attached hydrogen (secondary N) is 1. The van der Waals surface area contributed by atoms with Crippen molar-refractivity contribution < 1.29 is 17.2 Å². The fourth-order valence-corrected chi connectivity index (χ4v) is 2.89. The number of pyridine rings is 1. The Bertz CT molecular complexity index is 705. The third-order valence-electron chi connectivity index (χ3n) is 2.16. The van der Waals surface area contributed by atoms with E-state index in [1.165, 1.54) is 6.07 Å². The number of aromatic nitrogens is 1. The van der Waals surface area contributed by atoms with Crippen molar-refractivity contribution in [1.29, 1.82) is 0 Å². The van der Waals surface area contributed by atoms with Crippen molar-refractivity contribution in [3.8, 4) is 0 Å². The van der Waals surface area contributed by atoms with E-state index in [0.29, 0.717) is 0 Å². The number of rotatable bonds is 3. The van der Waals surface area contributed by atoms with Crippen molar-refractivity contribution in [2.45, 2.75) is 4.90 Å². The molecule has 0 bridgehead atoms. The van der Waals surface area contributed by atoms with Gasteiger partial charge in [0.1, 0.15) is 10.7 Å². The van der Waals surface area contributed by atoms with E-state index in [4.69, 9.17) is 11.6 Å². The standard InChI is InChI=1S/C11H7ClF2N2O2S/c12-9-3-1-7(13)5-10(9)19(17,18)16-8-2-4-11(14)15-6-8/h1-6,16H. The highest BCUT2D eigenvalue weighted by Gasteiger charge is 2.19. The lowest BCUT2D eigenvalue weighted by Gasteiger charge is -2.09. The summed E-state index contributed by atoms with van der Waals surface area (Å²) in [6.07, 6.45) is 1.00. The van der Waals surface area contributed by atoms with Gasteiger partial charge >= 0.3 is 0 Å². The molecule has 1 aromatic heterocycles. The minimum absolute atomic E-state index is 0.0433. The molecule has 19 heavy (non-hydrogen) atoms. The number of benzene rings is 1. The second kappa shape index (κ2) is 5.10. The Balaban J connectivity index is 2.37. The SMILES string of the molecule is O=S(=O)(Nc1ccc(F)nc1)c1cc(F)ccc1Cl. The van der Waals surface area contributed by atoms with Crippen LogP contribution in [-0.2, 0) is 10.0 Å². The first-order valence-electron chi connectivity index (χ1n) is 4.98. The maximum absolute atomic E-state index is 13.1. The van der Waals surface area contributed by atoms with Gasteiger partial charge in [0, 0.05) is 0 Å². The van der Waals surface area contributed by atoms with Gasteiger partial charge in [0.05, 0.1) is 16.9 Å². The lowest BCUT2D eigenvalue weighted by atomic mass is 10.3. The third kappa shape index (κ3) is 3.18. The predicted molar refractivity (Wildman–Crippen MR) is 66.4 cm³/mol. The van der Waals surface area contributed by atoms with Gasteiger partial charge in [0.2, 0.25) is 5.95 Å². The number of hydrogen-bond acceptors (Lipinski definition) is 3. The molecule has 0 aliphatic rings. The topological polar surface area (TPSA) is 59.1 Å². The third-order valence-corrected chi connectivity index (χ3v) is 4.03. The zero-order chi connectivity index (χ0) is 14.0. The summed E-state index contributed by atoms with van der Waals surface area (Å²) in [6.45, 7) is 0. The van der Waals surface area contributed by atoms with Gasteiger partial charge in [0.15, 0.2) is 0 Å². The Morgan fingerprint density at radius 1 is 1.16 bits per heavy atom. The smallest absolute Gasteiger partial charge is 0.263 e. The van der Waals surface area contributed by atoms with E-state index in [0.717, 1.165) is 30.5 Å². The van der Waals surface area contributed by atoms with Crippen molar-refractivity contribution in [2.24, 2.45) is 0 Å². The Kier molecular flexibility index (Phi) is 3.68. The van der Waals surface area contributed by atoms with Gasteiger partial charge in [-0.25, -0.2) is 17.8 Å². The zero-order valence-electron chi connectivity index (χ0n) is 9.27. The molecule has 0 spiro atoms. The average Bonchev–Trinajstić information content (AvgIpc) is 2.35. The Morgan fingerprint density at radius 2 is 1.89 bits per heavy atom. The molecule has 0 fully saturated rings. The zero-order valence-corrected chi connectivity index (χ0v) is 10.8. The Hall–Kier alpha value is -1.73. The number of sulfonamides is 1. The van der Waals surface area contributed by atoms with Crippen LogP contribution in [0.25, 0.3) is 0 Å². The van der Waals surface area contributed by atoms with Crippen molar-refractivity contribution in [3.05, 3.63) is 53.3 Å². The van der Waals surface area contributed by atoms with Crippen molar-refractivity contribution in [1.82, 2.24) is 4.98 Å². The van der Waals surface area contributed by atoms with Gasteiger partial charge in [-0.15, -0.1) is 0 Å². The molecule has 0 saturated carbocycles. The van der Waals surface area contributed by atoms with Crippen molar-refractivity contribution >= 4 is 27.3 Å². The summed E-state index contributed by atoms with van der Waals surface area (Å²) in [4.78, 5) is 2.89. The largest absolute Gasteiger partial charge is 0.278 e. The molecular formula is C11H7ClF2N2O2S. The number of hydrogen-bond donors (Lipinski definition) is 1. The van der Waals surface area contributed by atoms with Gasteiger partial charge in [0.25, 0.3) is 10.0 Å². The van der Waals surface area contributed by atoms with E-state index >= 15 is 0 Å². The highest BCUT2D eigenvalue weighted by molar-refractivity contribution is 7.92. The summed E-state index contributed by atoms with van der Waals surface area (Å²) in [7, 11) is -4.06. The molecule has 1 heterocycles. The van der Waals surface area contributed by atoms with E-state index in [9.17, 15) is 17.2 Å². The maximum Gasteiger partial charge on any atom is 0.263 e. The molecule has 0 saturated heterocycles. The lowest BCUT2D eigenvalue weighted by molar-refractivity contribution is 0.583. The summed E-state index contributed by atoms with van der Waals surface area (Å²) in [5.41, 5.74) is 0.0433. The van der Waals surface area contributed by atoms with E-state index in [1.54, 1.807) is 0 Å². The molecule has 8 heteroatoms. The van der Waals surface area contributed by atoms with Crippen LogP contribution in [-0.4, -0.2) is 13.4 Å². The summed E-state index contributed by atoms with van der Waals surface area (Å²) in [6, 6.07) is 5.15.